The third-order valence-corrected chi connectivity index (χ3v) is 3.43. The molecule has 0 amide bonds. The minimum atomic E-state index is 0.565. The van der Waals surface area contributed by atoms with Crippen molar-refractivity contribution in [3.63, 3.8) is 0 Å². The van der Waals surface area contributed by atoms with Crippen molar-refractivity contribution in [2.24, 2.45) is 5.92 Å². The maximum atomic E-state index is 5.92. The Kier molecular flexibility index (Phi) is 3.07. The number of pyridine rings is 2. The van der Waals surface area contributed by atoms with Crippen LogP contribution in [0.2, 0.25) is 0 Å². The van der Waals surface area contributed by atoms with Gasteiger partial charge in [-0.3, -0.25) is 4.98 Å². The fourth-order valence-electron chi connectivity index (χ4n) is 2.08. The summed E-state index contributed by atoms with van der Waals surface area (Å²) in [5, 5.41) is 3.40. The van der Waals surface area contributed by atoms with E-state index < -0.39 is 0 Å². The van der Waals surface area contributed by atoms with Crippen LogP contribution < -0.4 is 11.1 Å². The van der Waals surface area contributed by atoms with Crippen LogP contribution in [0.15, 0.2) is 30.6 Å². The first-order valence-corrected chi connectivity index (χ1v) is 6.65. The molecule has 4 nitrogen and oxygen atoms in total. The fraction of sp³-hybridized carbons (Fsp3) is 0.333. The summed E-state index contributed by atoms with van der Waals surface area (Å²) in [7, 11) is 0. The molecular weight excluding hydrogens is 236 g/mol. The Morgan fingerprint density at radius 1 is 1.26 bits per heavy atom. The Balaban J connectivity index is 1.87. The van der Waals surface area contributed by atoms with E-state index in [9.17, 15) is 0 Å². The topological polar surface area (TPSA) is 63.8 Å². The Morgan fingerprint density at radius 2 is 2.11 bits per heavy atom. The average Bonchev–Trinajstić information content (AvgIpc) is 3.22. The predicted molar refractivity (Wildman–Crippen MR) is 77.8 cm³/mol. The lowest BCUT2D eigenvalue weighted by Crippen LogP contribution is -2.07. The molecule has 1 aliphatic rings. The van der Waals surface area contributed by atoms with E-state index in [1.54, 1.807) is 0 Å². The van der Waals surface area contributed by atoms with Crippen molar-refractivity contribution in [2.75, 3.05) is 17.6 Å². The lowest BCUT2D eigenvalue weighted by atomic mass is 10.1. The number of nitrogens with two attached hydrogens (primary N) is 1. The second-order valence-corrected chi connectivity index (χ2v) is 5.17. The van der Waals surface area contributed by atoms with Gasteiger partial charge in [0, 0.05) is 30.2 Å². The highest BCUT2D eigenvalue weighted by atomic mass is 15.0. The van der Waals surface area contributed by atoms with Crippen LogP contribution in [0.25, 0.3) is 11.1 Å². The number of rotatable bonds is 4. The number of aryl methyl sites for hydroxylation is 1. The number of aromatic nitrogens is 2. The second kappa shape index (κ2) is 4.88. The van der Waals surface area contributed by atoms with Crippen molar-refractivity contribution < 1.29 is 0 Å². The van der Waals surface area contributed by atoms with E-state index >= 15 is 0 Å². The molecule has 2 aromatic rings. The number of nitrogens with one attached hydrogen (secondary N) is 1. The Hall–Kier alpha value is -2.10. The van der Waals surface area contributed by atoms with Gasteiger partial charge in [0.15, 0.2) is 0 Å². The highest BCUT2D eigenvalue weighted by molar-refractivity contribution is 5.72. The molecule has 1 saturated carbocycles. The van der Waals surface area contributed by atoms with Gasteiger partial charge in [-0.1, -0.05) is 0 Å². The first-order chi connectivity index (χ1) is 9.22. The lowest BCUT2D eigenvalue weighted by molar-refractivity contribution is 0.889. The average molecular weight is 254 g/mol. The predicted octanol–water partition coefficient (Wildman–Crippen LogP) is 2.86. The molecule has 3 N–H and O–H groups in total. The van der Waals surface area contributed by atoms with Crippen LogP contribution in [-0.2, 0) is 0 Å². The Bertz CT molecular complexity index is 590. The third-order valence-electron chi connectivity index (χ3n) is 3.43. The van der Waals surface area contributed by atoms with Gasteiger partial charge in [-0.25, -0.2) is 4.98 Å². The summed E-state index contributed by atoms with van der Waals surface area (Å²) in [5.41, 5.74) is 10.0. The summed E-state index contributed by atoms with van der Waals surface area (Å²) in [6.07, 6.45) is 6.28. The zero-order valence-electron chi connectivity index (χ0n) is 11.1. The van der Waals surface area contributed by atoms with Crippen molar-refractivity contribution >= 4 is 11.5 Å². The van der Waals surface area contributed by atoms with Crippen molar-refractivity contribution in [3.05, 3.63) is 36.3 Å². The lowest BCUT2D eigenvalue weighted by Gasteiger charge is -2.10. The van der Waals surface area contributed by atoms with Crippen LogP contribution in [-0.4, -0.2) is 16.5 Å². The molecule has 0 aliphatic heterocycles. The Morgan fingerprint density at radius 3 is 2.84 bits per heavy atom. The normalized spacial score (nSPS) is 14.4. The largest absolute Gasteiger partial charge is 0.382 e. The summed E-state index contributed by atoms with van der Waals surface area (Å²) in [6, 6.07) is 6.11. The SMILES string of the molecule is Cc1cc(-c2cnc(N)c(NCC3CC3)c2)ccn1. The zero-order valence-corrected chi connectivity index (χ0v) is 11.1. The van der Waals surface area contributed by atoms with Crippen LogP contribution in [0.1, 0.15) is 18.5 Å². The van der Waals surface area contributed by atoms with Crippen molar-refractivity contribution in [2.45, 2.75) is 19.8 Å². The maximum Gasteiger partial charge on any atom is 0.146 e. The first kappa shape index (κ1) is 12.0. The monoisotopic (exact) mass is 254 g/mol. The number of nitrogens with zero attached hydrogens (tertiary/aromatic N) is 2. The van der Waals surface area contributed by atoms with E-state index in [2.05, 4.69) is 27.4 Å². The molecule has 0 spiro atoms. The maximum absolute atomic E-state index is 5.92. The molecule has 4 heteroatoms. The van der Waals surface area contributed by atoms with Crippen molar-refractivity contribution in [3.8, 4) is 11.1 Å². The quantitative estimate of drug-likeness (QED) is 0.880. The molecule has 19 heavy (non-hydrogen) atoms. The number of anilines is 2. The minimum absolute atomic E-state index is 0.565. The summed E-state index contributed by atoms with van der Waals surface area (Å²) in [6.45, 7) is 2.98. The van der Waals surface area contributed by atoms with Gasteiger partial charge in [0.25, 0.3) is 0 Å². The van der Waals surface area contributed by atoms with Gasteiger partial charge in [-0.15, -0.1) is 0 Å². The first-order valence-electron chi connectivity index (χ1n) is 6.65. The van der Waals surface area contributed by atoms with Crippen LogP contribution >= 0.6 is 0 Å². The summed E-state index contributed by atoms with van der Waals surface area (Å²) in [4.78, 5) is 8.49. The fourth-order valence-corrected chi connectivity index (χ4v) is 2.08. The molecule has 3 rings (SSSR count). The van der Waals surface area contributed by atoms with E-state index in [1.165, 1.54) is 12.8 Å². The van der Waals surface area contributed by atoms with Gasteiger partial charge >= 0.3 is 0 Å². The van der Waals surface area contributed by atoms with E-state index in [1.807, 2.05) is 25.4 Å². The van der Waals surface area contributed by atoms with E-state index in [-0.39, 0.29) is 0 Å². The van der Waals surface area contributed by atoms with Crippen molar-refractivity contribution in [1.82, 2.24) is 9.97 Å². The van der Waals surface area contributed by atoms with Gasteiger partial charge in [-0.2, -0.15) is 0 Å². The molecule has 1 aliphatic carbocycles. The highest BCUT2D eigenvalue weighted by Gasteiger charge is 2.21. The Labute approximate surface area is 113 Å². The summed E-state index contributed by atoms with van der Waals surface area (Å²) < 4.78 is 0. The summed E-state index contributed by atoms with van der Waals surface area (Å²) in [5.74, 6) is 1.38. The molecule has 0 atom stereocenters. The van der Waals surface area contributed by atoms with Crippen molar-refractivity contribution in [1.29, 1.82) is 0 Å². The van der Waals surface area contributed by atoms with Gasteiger partial charge in [0.05, 0.1) is 5.69 Å². The molecule has 0 unspecified atom stereocenters. The van der Waals surface area contributed by atoms with Gasteiger partial charge in [-0.05, 0) is 49.4 Å². The van der Waals surface area contributed by atoms with Gasteiger partial charge in [0.2, 0.25) is 0 Å². The zero-order chi connectivity index (χ0) is 13.2. The standard InChI is InChI=1S/C15H18N4/c1-10-6-12(4-5-17-10)13-7-14(15(16)19-9-13)18-8-11-2-3-11/h4-7,9,11,18H,2-3,8H2,1H3,(H2,16,19). The summed E-state index contributed by atoms with van der Waals surface area (Å²) >= 11 is 0. The van der Waals surface area contributed by atoms with E-state index in [4.69, 9.17) is 5.73 Å². The number of hydrogen-bond donors (Lipinski definition) is 2. The molecule has 1 fully saturated rings. The highest BCUT2D eigenvalue weighted by Crippen LogP contribution is 2.31. The molecule has 0 radical (unpaired) electrons. The molecule has 2 heterocycles. The smallest absolute Gasteiger partial charge is 0.146 e. The van der Waals surface area contributed by atoms with Gasteiger partial charge < -0.3 is 11.1 Å². The van der Waals surface area contributed by atoms with Crippen LogP contribution in [0, 0.1) is 12.8 Å². The van der Waals surface area contributed by atoms with Gasteiger partial charge in [0.1, 0.15) is 5.82 Å². The van der Waals surface area contributed by atoms with E-state index in [0.717, 1.165) is 35.0 Å². The third kappa shape index (κ3) is 2.84. The van der Waals surface area contributed by atoms with Crippen LogP contribution in [0.3, 0.4) is 0 Å². The molecule has 98 valence electrons. The second-order valence-electron chi connectivity index (χ2n) is 5.17. The number of nitrogen functional groups attached to an aromatic ring is 1. The van der Waals surface area contributed by atoms with E-state index in [0.29, 0.717) is 5.82 Å². The van der Waals surface area contributed by atoms with Crippen LogP contribution in [0.4, 0.5) is 11.5 Å². The van der Waals surface area contributed by atoms with Crippen LogP contribution in [0.5, 0.6) is 0 Å². The molecule has 0 bridgehead atoms. The molecule has 0 saturated heterocycles. The molecule has 0 aromatic carbocycles. The molecule has 2 aromatic heterocycles. The molecular formula is C15H18N4. The number of hydrogen-bond acceptors (Lipinski definition) is 4. The minimum Gasteiger partial charge on any atom is -0.382 e.